The summed E-state index contributed by atoms with van der Waals surface area (Å²) in [4.78, 5) is 27.0. The highest BCUT2D eigenvalue weighted by molar-refractivity contribution is 6.06. The molecule has 1 aromatic heterocycles. The van der Waals surface area contributed by atoms with E-state index in [2.05, 4.69) is 15.0 Å². The van der Waals surface area contributed by atoms with Crippen molar-refractivity contribution in [2.75, 3.05) is 12.4 Å². The van der Waals surface area contributed by atoms with Gasteiger partial charge in [0, 0.05) is 0 Å². The van der Waals surface area contributed by atoms with Crippen LogP contribution in [0.25, 0.3) is 0 Å². The summed E-state index contributed by atoms with van der Waals surface area (Å²) in [6.45, 7) is 0. The highest BCUT2D eigenvalue weighted by Crippen LogP contribution is 2.16. The van der Waals surface area contributed by atoms with Crippen LogP contribution < -0.4 is 5.32 Å². The maximum Gasteiger partial charge on any atom is 0.339 e. The molecule has 0 aliphatic rings. The first-order valence-electron chi connectivity index (χ1n) is 5.09. The summed E-state index contributed by atoms with van der Waals surface area (Å²) in [7, 11) is 1.28. The number of carbonyl (C=O) groups excluding carboxylic acids is 2. The molecular formula is C12H10N2O4. The van der Waals surface area contributed by atoms with E-state index in [9.17, 15) is 9.59 Å². The van der Waals surface area contributed by atoms with Crippen LogP contribution in [0.3, 0.4) is 0 Å². The number of esters is 1. The molecule has 0 bridgehead atoms. The molecular weight excluding hydrogens is 236 g/mol. The molecule has 0 aliphatic heterocycles. The predicted octanol–water partition coefficient (Wildman–Crippen LogP) is 1.71. The summed E-state index contributed by atoms with van der Waals surface area (Å²) in [5.74, 6) is -0.980. The topological polar surface area (TPSA) is 81.4 Å². The smallest absolute Gasteiger partial charge is 0.339 e. The van der Waals surface area contributed by atoms with Gasteiger partial charge in [0.25, 0.3) is 5.91 Å². The van der Waals surface area contributed by atoms with Crippen molar-refractivity contribution in [2.45, 2.75) is 0 Å². The lowest BCUT2D eigenvalue weighted by Gasteiger charge is -2.07. The number of oxazole rings is 1. The van der Waals surface area contributed by atoms with Gasteiger partial charge in [0.15, 0.2) is 12.1 Å². The van der Waals surface area contributed by atoms with E-state index in [1.54, 1.807) is 24.3 Å². The third-order valence-electron chi connectivity index (χ3n) is 2.25. The van der Waals surface area contributed by atoms with E-state index in [4.69, 9.17) is 4.42 Å². The molecule has 0 aliphatic carbocycles. The fourth-order valence-corrected chi connectivity index (χ4v) is 1.39. The van der Waals surface area contributed by atoms with Gasteiger partial charge < -0.3 is 14.5 Å². The van der Waals surface area contributed by atoms with Crippen LogP contribution >= 0.6 is 0 Å². The molecule has 6 heteroatoms. The predicted molar refractivity (Wildman–Crippen MR) is 62.2 cm³/mol. The van der Waals surface area contributed by atoms with Gasteiger partial charge in [-0.05, 0) is 12.1 Å². The lowest BCUT2D eigenvalue weighted by Crippen LogP contribution is -2.15. The first kappa shape index (κ1) is 11.8. The number of nitrogens with one attached hydrogen (secondary N) is 1. The second kappa shape index (κ2) is 5.13. The number of ether oxygens (including phenoxy) is 1. The summed E-state index contributed by atoms with van der Waals surface area (Å²) in [5, 5.41) is 2.57. The number of carbonyl (C=O) groups is 2. The van der Waals surface area contributed by atoms with Crippen molar-refractivity contribution >= 4 is 17.6 Å². The molecule has 2 aromatic rings. The SMILES string of the molecule is COC(=O)c1ccccc1NC(=O)c1cocn1. The molecule has 18 heavy (non-hydrogen) atoms. The maximum atomic E-state index is 11.8. The van der Waals surface area contributed by atoms with Crippen molar-refractivity contribution in [3.8, 4) is 0 Å². The van der Waals surface area contributed by atoms with Crippen molar-refractivity contribution in [3.05, 3.63) is 48.2 Å². The quantitative estimate of drug-likeness (QED) is 0.834. The maximum absolute atomic E-state index is 11.8. The summed E-state index contributed by atoms with van der Waals surface area (Å²) < 4.78 is 9.33. The Balaban J connectivity index is 2.24. The van der Waals surface area contributed by atoms with E-state index in [-0.39, 0.29) is 11.3 Å². The standard InChI is InChI=1S/C12H10N2O4/c1-17-12(16)8-4-2-3-5-9(8)14-11(15)10-6-18-7-13-10/h2-7H,1H3,(H,14,15). The Labute approximate surface area is 103 Å². The van der Waals surface area contributed by atoms with Gasteiger partial charge in [0.05, 0.1) is 18.4 Å². The van der Waals surface area contributed by atoms with E-state index in [0.717, 1.165) is 6.39 Å². The summed E-state index contributed by atoms with van der Waals surface area (Å²) in [5.41, 5.74) is 0.767. The molecule has 0 saturated heterocycles. The number of benzene rings is 1. The van der Waals surface area contributed by atoms with Crippen LogP contribution in [0.2, 0.25) is 0 Å². The van der Waals surface area contributed by atoms with Crippen molar-refractivity contribution in [1.29, 1.82) is 0 Å². The normalized spacial score (nSPS) is 9.83. The van der Waals surface area contributed by atoms with Crippen LogP contribution in [0.4, 0.5) is 5.69 Å². The number of hydrogen-bond acceptors (Lipinski definition) is 5. The molecule has 0 atom stereocenters. The van der Waals surface area contributed by atoms with Gasteiger partial charge in [-0.25, -0.2) is 9.78 Å². The first-order valence-corrected chi connectivity index (χ1v) is 5.09. The number of amides is 1. The second-order valence-electron chi connectivity index (χ2n) is 3.36. The van der Waals surface area contributed by atoms with E-state index >= 15 is 0 Å². The number of nitrogens with zero attached hydrogens (tertiary/aromatic N) is 1. The zero-order chi connectivity index (χ0) is 13.0. The average Bonchev–Trinajstić information content (AvgIpc) is 2.92. The number of anilines is 1. The minimum absolute atomic E-state index is 0.134. The molecule has 0 saturated carbocycles. The van der Waals surface area contributed by atoms with Gasteiger partial charge in [0.1, 0.15) is 6.26 Å². The summed E-state index contributed by atoms with van der Waals surface area (Å²) in [6, 6.07) is 6.54. The minimum atomic E-state index is -0.522. The molecule has 1 amide bonds. The highest BCUT2D eigenvalue weighted by Gasteiger charge is 2.15. The fourth-order valence-electron chi connectivity index (χ4n) is 1.39. The largest absolute Gasteiger partial charge is 0.465 e. The van der Waals surface area contributed by atoms with Crippen LogP contribution in [0.15, 0.2) is 41.3 Å². The number of hydrogen-bond donors (Lipinski definition) is 1. The Morgan fingerprint density at radius 2 is 2.11 bits per heavy atom. The molecule has 0 spiro atoms. The molecule has 0 radical (unpaired) electrons. The van der Waals surface area contributed by atoms with Crippen molar-refractivity contribution in [2.24, 2.45) is 0 Å². The third kappa shape index (κ3) is 2.37. The second-order valence-corrected chi connectivity index (χ2v) is 3.36. The van der Waals surface area contributed by atoms with Gasteiger partial charge in [-0.3, -0.25) is 4.79 Å². The number of para-hydroxylation sites is 1. The number of methoxy groups -OCH3 is 1. The Morgan fingerprint density at radius 3 is 2.78 bits per heavy atom. The van der Waals surface area contributed by atoms with Crippen molar-refractivity contribution in [3.63, 3.8) is 0 Å². The fraction of sp³-hybridized carbons (Fsp3) is 0.0833. The molecule has 2 rings (SSSR count). The van der Waals surface area contributed by atoms with Crippen LogP contribution in [-0.2, 0) is 4.74 Å². The van der Waals surface area contributed by atoms with Gasteiger partial charge >= 0.3 is 5.97 Å². The molecule has 6 nitrogen and oxygen atoms in total. The molecule has 1 N–H and O–H groups in total. The van der Waals surface area contributed by atoms with E-state index in [0.29, 0.717) is 5.69 Å². The minimum Gasteiger partial charge on any atom is -0.465 e. The number of aromatic nitrogens is 1. The van der Waals surface area contributed by atoms with E-state index in [1.165, 1.54) is 13.4 Å². The monoisotopic (exact) mass is 246 g/mol. The lowest BCUT2D eigenvalue weighted by atomic mass is 10.2. The van der Waals surface area contributed by atoms with E-state index < -0.39 is 11.9 Å². The summed E-state index contributed by atoms with van der Waals surface area (Å²) >= 11 is 0. The molecule has 0 fully saturated rings. The van der Waals surface area contributed by atoms with Crippen LogP contribution in [0.1, 0.15) is 20.8 Å². The van der Waals surface area contributed by atoms with Crippen LogP contribution in [-0.4, -0.2) is 24.0 Å². The van der Waals surface area contributed by atoms with Crippen LogP contribution in [0.5, 0.6) is 0 Å². The number of rotatable bonds is 3. The van der Waals surface area contributed by atoms with Gasteiger partial charge in [-0.15, -0.1) is 0 Å². The molecule has 92 valence electrons. The molecule has 1 aromatic carbocycles. The first-order chi connectivity index (χ1) is 8.72. The Kier molecular flexibility index (Phi) is 3.38. The zero-order valence-electron chi connectivity index (χ0n) is 9.54. The van der Waals surface area contributed by atoms with Crippen LogP contribution in [0, 0.1) is 0 Å². The van der Waals surface area contributed by atoms with Crippen molar-refractivity contribution < 1.29 is 18.7 Å². The van der Waals surface area contributed by atoms with Gasteiger partial charge in [-0.1, -0.05) is 12.1 Å². The Morgan fingerprint density at radius 1 is 1.33 bits per heavy atom. The third-order valence-corrected chi connectivity index (χ3v) is 2.25. The molecule has 0 unspecified atom stereocenters. The van der Waals surface area contributed by atoms with E-state index in [1.807, 2.05) is 0 Å². The zero-order valence-corrected chi connectivity index (χ0v) is 9.54. The highest BCUT2D eigenvalue weighted by atomic mass is 16.5. The summed E-state index contributed by atoms with van der Waals surface area (Å²) in [6.07, 6.45) is 2.37. The Hall–Kier alpha value is -2.63. The van der Waals surface area contributed by atoms with Gasteiger partial charge in [0.2, 0.25) is 0 Å². The Bertz CT molecular complexity index is 563. The lowest BCUT2D eigenvalue weighted by molar-refractivity contribution is 0.0602. The van der Waals surface area contributed by atoms with Crippen molar-refractivity contribution in [1.82, 2.24) is 4.98 Å². The molecule has 1 heterocycles. The average molecular weight is 246 g/mol. The van der Waals surface area contributed by atoms with Gasteiger partial charge in [-0.2, -0.15) is 0 Å².